The van der Waals surface area contributed by atoms with Crippen molar-refractivity contribution in [3.8, 4) is 22.9 Å². The fraction of sp³-hybridized carbons (Fsp3) is 0.240. The first-order chi connectivity index (χ1) is 16.9. The molecule has 0 bridgehead atoms. The fourth-order valence-electron chi connectivity index (χ4n) is 4.28. The van der Waals surface area contributed by atoms with E-state index < -0.39 is 11.6 Å². The summed E-state index contributed by atoms with van der Waals surface area (Å²) in [6.07, 6.45) is 3.41. The molecule has 0 amide bonds. The summed E-state index contributed by atoms with van der Waals surface area (Å²) in [6, 6.07) is 7.19. The van der Waals surface area contributed by atoms with E-state index >= 15 is 4.39 Å². The van der Waals surface area contributed by atoms with Gasteiger partial charge in [-0.1, -0.05) is 0 Å². The van der Waals surface area contributed by atoms with Gasteiger partial charge in [-0.05, 0) is 38.4 Å². The van der Waals surface area contributed by atoms with Crippen molar-refractivity contribution in [3.05, 3.63) is 76.5 Å². The van der Waals surface area contributed by atoms with Gasteiger partial charge in [0.25, 0.3) is 0 Å². The van der Waals surface area contributed by atoms with Crippen LogP contribution in [-0.4, -0.2) is 40.0 Å². The number of rotatable bonds is 6. The summed E-state index contributed by atoms with van der Waals surface area (Å²) in [4.78, 5) is 10.4. The molecular weight excluding hydrogens is 457 g/mol. The summed E-state index contributed by atoms with van der Waals surface area (Å²) in [7, 11) is 3.53. The maximum absolute atomic E-state index is 15.0. The number of anilines is 1. The quantitative estimate of drug-likeness (QED) is 0.446. The molecule has 4 aromatic rings. The Balaban J connectivity index is 1.54. The zero-order chi connectivity index (χ0) is 24.7. The zero-order valence-electron chi connectivity index (χ0n) is 19.1. The Morgan fingerprint density at radius 3 is 2.74 bits per heavy atom. The Bertz CT molecular complexity index is 1490. The Labute approximate surface area is 199 Å². The largest absolute Gasteiger partial charge is 0.493 e. The third kappa shape index (κ3) is 4.15. The van der Waals surface area contributed by atoms with E-state index in [1.807, 2.05) is 6.07 Å². The van der Waals surface area contributed by atoms with Gasteiger partial charge in [0, 0.05) is 53.5 Å². The molecule has 10 heteroatoms. The highest BCUT2D eigenvalue weighted by Gasteiger charge is 2.21. The van der Waals surface area contributed by atoms with E-state index in [4.69, 9.17) is 4.74 Å². The van der Waals surface area contributed by atoms with Gasteiger partial charge >= 0.3 is 0 Å². The molecule has 5 rings (SSSR count). The number of nitrogens with one attached hydrogen (secondary N) is 1. The number of benzene rings is 2. The summed E-state index contributed by atoms with van der Waals surface area (Å²) >= 11 is 0. The molecule has 1 aliphatic heterocycles. The minimum Gasteiger partial charge on any atom is -0.493 e. The van der Waals surface area contributed by atoms with Crippen molar-refractivity contribution in [1.29, 1.82) is 5.26 Å². The van der Waals surface area contributed by atoms with Crippen LogP contribution in [-0.2, 0) is 19.5 Å². The minimum atomic E-state index is -0.629. The summed E-state index contributed by atoms with van der Waals surface area (Å²) in [5.74, 6) is -0.623. The molecule has 178 valence electrons. The number of imidazole rings is 1. The second-order valence-electron chi connectivity index (χ2n) is 8.54. The molecule has 0 fully saturated rings. The average molecular weight is 478 g/mol. The Kier molecular flexibility index (Phi) is 5.78. The van der Waals surface area contributed by atoms with Crippen molar-refractivity contribution in [1.82, 2.24) is 19.3 Å². The van der Waals surface area contributed by atoms with E-state index in [-0.39, 0.29) is 52.9 Å². The molecule has 7 nitrogen and oxygen atoms in total. The molecular formula is C25H21F3N6O. The smallest absolute Gasteiger partial charge is 0.208 e. The molecule has 0 atom stereocenters. The number of hydrogen-bond acceptors (Lipinski definition) is 6. The average Bonchev–Trinajstić information content (AvgIpc) is 3.47. The molecule has 1 N–H and O–H groups in total. The Hall–Kier alpha value is -4.10. The lowest BCUT2D eigenvalue weighted by Gasteiger charge is -2.14. The van der Waals surface area contributed by atoms with Crippen molar-refractivity contribution in [2.24, 2.45) is 0 Å². The van der Waals surface area contributed by atoms with E-state index in [1.54, 1.807) is 25.1 Å². The van der Waals surface area contributed by atoms with Crippen LogP contribution in [0.25, 0.3) is 16.8 Å². The summed E-state index contributed by atoms with van der Waals surface area (Å²) in [5, 5.41) is 12.5. The van der Waals surface area contributed by atoms with Gasteiger partial charge in [0.2, 0.25) is 5.95 Å². The van der Waals surface area contributed by atoms with E-state index in [1.165, 1.54) is 22.9 Å². The number of halogens is 3. The van der Waals surface area contributed by atoms with E-state index in [0.717, 1.165) is 17.7 Å². The number of aromatic nitrogens is 3. The zero-order valence-corrected chi connectivity index (χ0v) is 19.1. The number of nitrogens with zero attached hydrogens (tertiary/aromatic N) is 5. The van der Waals surface area contributed by atoms with Crippen molar-refractivity contribution in [3.63, 3.8) is 0 Å². The van der Waals surface area contributed by atoms with Gasteiger partial charge in [0.05, 0.1) is 12.8 Å². The Morgan fingerprint density at radius 2 is 1.97 bits per heavy atom. The van der Waals surface area contributed by atoms with Gasteiger partial charge in [0.1, 0.15) is 29.3 Å². The molecule has 0 spiro atoms. The predicted octanol–water partition coefficient (Wildman–Crippen LogP) is 4.29. The second kappa shape index (κ2) is 8.92. The van der Waals surface area contributed by atoms with Crippen molar-refractivity contribution in [2.75, 3.05) is 26.0 Å². The molecule has 0 aliphatic carbocycles. The van der Waals surface area contributed by atoms with E-state index in [2.05, 4.69) is 15.3 Å². The normalized spacial score (nSPS) is 12.6. The third-order valence-corrected chi connectivity index (χ3v) is 5.88. The van der Waals surface area contributed by atoms with Gasteiger partial charge in [-0.3, -0.25) is 4.40 Å². The molecule has 0 saturated carbocycles. The molecule has 35 heavy (non-hydrogen) atoms. The highest BCUT2D eigenvalue weighted by molar-refractivity contribution is 5.79. The first kappa shape index (κ1) is 22.7. The summed E-state index contributed by atoms with van der Waals surface area (Å²) < 4.78 is 51.3. The number of nitriles is 1. The van der Waals surface area contributed by atoms with Crippen LogP contribution in [0.3, 0.4) is 0 Å². The molecule has 2 aromatic heterocycles. The second-order valence-corrected chi connectivity index (χ2v) is 8.54. The van der Waals surface area contributed by atoms with Gasteiger partial charge in [-0.25, -0.2) is 23.1 Å². The third-order valence-electron chi connectivity index (χ3n) is 5.88. The van der Waals surface area contributed by atoms with Gasteiger partial charge in [-0.2, -0.15) is 5.26 Å². The monoisotopic (exact) mass is 478 g/mol. The number of fused-ring (bicyclic) bond motifs is 2. The van der Waals surface area contributed by atoms with Crippen molar-refractivity contribution >= 4 is 11.6 Å². The first-order valence-electron chi connectivity index (χ1n) is 10.9. The highest BCUT2D eigenvalue weighted by Crippen LogP contribution is 2.32. The first-order valence-corrected chi connectivity index (χ1v) is 10.9. The van der Waals surface area contributed by atoms with Crippen molar-refractivity contribution in [2.45, 2.75) is 19.5 Å². The fourth-order valence-corrected chi connectivity index (χ4v) is 4.28. The maximum atomic E-state index is 15.0. The Morgan fingerprint density at radius 1 is 1.14 bits per heavy atom. The van der Waals surface area contributed by atoms with E-state index in [0.29, 0.717) is 24.3 Å². The summed E-state index contributed by atoms with van der Waals surface area (Å²) in [5.41, 5.74) is 1.99. The molecule has 2 aromatic carbocycles. The van der Waals surface area contributed by atoms with Gasteiger partial charge in [-0.15, -0.1) is 0 Å². The molecule has 0 unspecified atom stereocenters. The lowest BCUT2D eigenvalue weighted by molar-refractivity contribution is 0.356. The van der Waals surface area contributed by atoms with Gasteiger partial charge < -0.3 is 15.0 Å². The molecule has 0 radical (unpaired) electrons. The lowest BCUT2D eigenvalue weighted by Crippen LogP contribution is -2.12. The standard InChI is InChI=1S/C25H21F3N6O/c1-33(2)12-14-7-22(28)17(8-21(14)27)19-11-31-25(34-13-15(9-29)32-24(19)34)30-10-18-16-5-6-35-23(16)4-3-20(18)26/h3-4,7-8,11,13H,5-6,10,12H2,1-2H3,(H,30,31). The lowest BCUT2D eigenvalue weighted by atomic mass is 10.0. The van der Waals surface area contributed by atoms with Crippen LogP contribution in [0.4, 0.5) is 19.1 Å². The van der Waals surface area contributed by atoms with Crippen LogP contribution in [0.15, 0.2) is 36.7 Å². The topological polar surface area (TPSA) is 78.5 Å². The van der Waals surface area contributed by atoms with E-state index in [9.17, 15) is 14.0 Å². The van der Waals surface area contributed by atoms with Crippen LogP contribution in [0, 0.1) is 28.8 Å². The molecule has 0 saturated heterocycles. The van der Waals surface area contributed by atoms with Crippen LogP contribution in [0.1, 0.15) is 22.4 Å². The van der Waals surface area contributed by atoms with Crippen molar-refractivity contribution < 1.29 is 17.9 Å². The number of ether oxygens (including phenoxy) is 1. The predicted molar refractivity (Wildman–Crippen MR) is 123 cm³/mol. The minimum absolute atomic E-state index is 0.0202. The van der Waals surface area contributed by atoms with Crippen LogP contribution >= 0.6 is 0 Å². The van der Waals surface area contributed by atoms with Gasteiger partial charge in [0.15, 0.2) is 11.3 Å². The summed E-state index contributed by atoms with van der Waals surface area (Å²) in [6.45, 7) is 0.847. The van der Waals surface area contributed by atoms with Crippen LogP contribution in [0.5, 0.6) is 5.75 Å². The van der Waals surface area contributed by atoms with Crippen LogP contribution < -0.4 is 10.1 Å². The SMILES string of the molecule is CN(C)Cc1cc(F)c(-c2cnc(NCc3c(F)ccc4c3CCO4)n3cc(C#N)nc23)cc1F. The number of hydrogen-bond donors (Lipinski definition) is 1. The molecule has 3 heterocycles. The highest BCUT2D eigenvalue weighted by atomic mass is 19.1. The molecule has 1 aliphatic rings. The maximum Gasteiger partial charge on any atom is 0.208 e. The van der Waals surface area contributed by atoms with Crippen LogP contribution in [0.2, 0.25) is 0 Å².